The molecule has 0 saturated carbocycles. The lowest BCUT2D eigenvalue weighted by atomic mass is 10.7. The van der Waals surface area contributed by atoms with E-state index in [2.05, 4.69) is 10.2 Å². The van der Waals surface area contributed by atoms with E-state index in [9.17, 15) is 4.79 Å². The van der Waals surface area contributed by atoms with Gasteiger partial charge in [-0.1, -0.05) is 0 Å². The molecule has 0 aliphatic carbocycles. The lowest BCUT2D eigenvalue weighted by molar-refractivity contribution is 1.06. The largest absolute Gasteiger partial charge is 0.305 e. The Hall–Kier alpha value is -0.560. The third kappa shape index (κ3) is 1.55. The lowest BCUT2D eigenvalue weighted by Crippen LogP contribution is -1.93. The molecule has 0 bridgehead atoms. The minimum Gasteiger partial charge on any atom is -0.305 e. The summed E-state index contributed by atoms with van der Waals surface area (Å²) in [4.78, 5) is 9.98. The second kappa shape index (κ2) is 2.59. The van der Waals surface area contributed by atoms with Crippen LogP contribution in [0.15, 0.2) is 17.1 Å². The number of nitrogens with one attached hydrogen (secondary N) is 2. The van der Waals surface area contributed by atoms with E-state index in [-0.39, 0.29) is 15.5 Å². The van der Waals surface area contributed by atoms with Gasteiger partial charge < -0.3 is 5.10 Å². The molecule has 0 aliphatic rings. The van der Waals surface area contributed by atoms with E-state index in [0.717, 1.165) is 0 Å². The second-order valence-corrected chi connectivity index (χ2v) is 0.967. The quantitative estimate of drug-likeness (QED) is 0.454. The molecule has 1 aromatic heterocycles. The van der Waals surface area contributed by atoms with E-state index in [1.54, 1.807) is 6.20 Å². The third-order valence-electron chi connectivity index (χ3n) is 0.513. The Labute approximate surface area is 43.7 Å². The van der Waals surface area contributed by atoms with E-state index in [1.165, 1.54) is 6.07 Å². The van der Waals surface area contributed by atoms with Crippen molar-refractivity contribution < 1.29 is 0 Å². The highest BCUT2D eigenvalue weighted by Gasteiger charge is 1.70. The van der Waals surface area contributed by atoms with Gasteiger partial charge in [-0.2, -0.15) is 9.90 Å². The number of hydrogen-bond acceptors (Lipinski definition) is 1. The molecule has 0 spiro atoms. The molecule has 1 aromatic rings. The molecule has 0 aliphatic heterocycles. The summed E-state index contributed by atoms with van der Waals surface area (Å²) >= 11 is 0. The Kier molecular flexibility index (Phi) is 2.38. The SMILES string of the molecule is O=c1cc[nH][nH]1.P. The zero-order chi connectivity index (χ0) is 4.41. The van der Waals surface area contributed by atoms with Gasteiger partial charge in [-0.15, -0.1) is 0 Å². The topological polar surface area (TPSA) is 48.6 Å². The normalized spacial score (nSPS) is 7.43. The molecule has 7 heavy (non-hydrogen) atoms. The zero-order valence-corrected chi connectivity index (χ0v) is 5.18. The average molecular weight is 118 g/mol. The molecule has 0 amide bonds. The van der Waals surface area contributed by atoms with Crippen LogP contribution in [-0.4, -0.2) is 10.2 Å². The maximum absolute atomic E-state index is 9.98. The van der Waals surface area contributed by atoms with E-state index in [0.29, 0.717) is 0 Å². The molecule has 0 saturated heterocycles. The Bertz CT molecular complexity index is 151. The van der Waals surface area contributed by atoms with Crippen LogP contribution in [-0.2, 0) is 0 Å². The van der Waals surface area contributed by atoms with Gasteiger partial charge in [-0.05, 0) is 0 Å². The van der Waals surface area contributed by atoms with Gasteiger partial charge in [-0.25, -0.2) is 0 Å². The van der Waals surface area contributed by atoms with Gasteiger partial charge in [0.2, 0.25) is 0 Å². The van der Waals surface area contributed by atoms with Crippen LogP contribution in [0.5, 0.6) is 0 Å². The van der Waals surface area contributed by atoms with Crippen molar-refractivity contribution in [2.45, 2.75) is 0 Å². The molecule has 1 heterocycles. The molecule has 0 aromatic carbocycles. The lowest BCUT2D eigenvalue weighted by Gasteiger charge is -1.55. The highest BCUT2D eigenvalue weighted by Crippen LogP contribution is 1.53. The van der Waals surface area contributed by atoms with Gasteiger partial charge >= 0.3 is 0 Å². The van der Waals surface area contributed by atoms with Gasteiger partial charge in [0.25, 0.3) is 5.56 Å². The molecule has 1 atom stereocenters. The number of aromatic nitrogens is 2. The van der Waals surface area contributed by atoms with Crippen LogP contribution >= 0.6 is 9.90 Å². The first-order chi connectivity index (χ1) is 2.89. The molecule has 1 rings (SSSR count). The summed E-state index contributed by atoms with van der Waals surface area (Å²) in [5.41, 5.74) is -0.0880. The predicted molar refractivity (Wildman–Crippen MR) is 32.5 cm³/mol. The van der Waals surface area contributed by atoms with Crippen LogP contribution in [0.25, 0.3) is 0 Å². The van der Waals surface area contributed by atoms with E-state index in [4.69, 9.17) is 0 Å². The van der Waals surface area contributed by atoms with Crippen LogP contribution in [0.2, 0.25) is 0 Å². The summed E-state index contributed by atoms with van der Waals surface area (Å²) in [5, 5.41) is 4.81. The molecule has 1 unspecified atom stereocenters. The van der Waals surface area contributed by atoms with Crippen molar-refractivity contribution in [3.05, 3.63) is 22.6 Å². The maximum atomic E-state index is 9.98. The molecule has 3 nitrogen and oxygen atoms in total. The first kappa shape index (κ1) is 6.44. The van der Waals surface area contributed by atoms with Crippen LogP contribution in [0.4, 0.5) is 0 Å². The molecular formula is C3H7N2OP. The van der Waals surface area contributed by atoms with Crippen LogP contribution < -0.4 is 5.56 Å². The Morgan fingerprint density at radius 1 is 1.57 bits per heavy atom. The van der Waals surface area contributed by atoms with Crippen molar-refractivity contribution in [2.24, 2.45) is 0 Å². The Balaban J connectivity index is 0.000000360. The smallest absolute Gasteiger partial charge is 0.263 e. The summed E-state index contributed by atoms with van der Waals surface area (Å²) in [5.74, 6) is 0. The van der Waals surface area contributed by atoms with Crippen molar-refractivity contribution in [2.75, 3.05) is 0 Å². The summed E-state index contributed by atoms with van der Waals surface area (Å²) in [7, 11) is 0. The van der Waals surface area contributed by atoms with Crippen molar-refractivity contribution in [3.8, 4) is 0 Å². The fourth-order valence-corrected chi connectivity index (χ4v) is 0.272. The minimum atomic E-state index is -0.0880. The molecule has 0 radical (unpaired) electrons. The first-order valence-electron chi connectivity index (χ1n) is 1.61. The third-order valence-corrected chi connectivity index (χ3v) is 0.513. The van der Waals surface area contributed by atoms with Gasteiger partial charge in [0.15, 0.2) is 0 Å². The Morgan fingerprint density at radius 2 is 2.29 bits per heavy atom. The summed E-state index contributed by atoms with van der Waals surface area (Å²) in [6.07, 6.45) is 1.54. The fourth-order valence-electron chi connectivity index (χ4n) is 0.272. The summed E-state index contributed by atoms with van der Waals surface area (Å²) < 4.78 is 0. The molecule has 2 N–H and O–H groups in total. The highest BCUT2D eigenvalue weighted by atomic mass is 31.0. The number of rotatable bonds is 0. The highest BCUT2D eigenvalue weighted by molar-refractivity contribution is 6.92. The van der Waals surface area contributed by atoms with Gasteiger partial charge in [0.1, 0.15) is 0 Å². The van der Waals surface area contributed by atoms with Crippen molar-refractivity contribution in [3.63, 3.8) is 0 Å². The number of hydrogen-bond donors (Lipinski definition) is 2. The first-order valence-corrected chi connectivity index (χ1v) is 1.61. The van der Waals surface area contributed by atoms with Crippen LogP contribution in [0, 0.1) is 0 Å². The molecule has 0 fully saturated rings. The second-order valence-electron chi connectivity index (χ2n) is 0.967. The minimum absolute atomic E-state index is 0. The number of aromatic amines is 2. The van der Waals surface area contributed by atoms with Crippen molar-refractivity contribution in [1.29, 1.82) is 0 Å². The van der Waals surface area contributed by atoms with E-state index in [1.807, 2.05) is 0 Å². The summed E-state index contributed by atoms with van der Waals surface area (Å²) in [6.45, 7) is 0. The Morgan fingerprint density at radius 3 is 2.43 bits per heavy atom. The predicted octanol–water partition coefficient (Wildman–Crippen LogP) is -0.239. The maximum Gasteiger partial charge on any atom is 0.263 e. The monoisotopic (exact) mass is 118 g/mol. The van der Waals surface area contributed by atoms with E-state index >= 15 is 0 Å². The molecule has 4 heteroatoms. The molecule has 40 valence electrons. The summed E-state index contributed by atoms with van der Waals surface area (Å²) in [6, 6.07) is 1.42. The fraction of sp³-hybridized carbons (Fsp3) is 0. The zero-order valence-electron chi connectivity index (χ0n) is 3.77. The standard InChI is InChI=1S/C3H4N2O.H3P/c6-3-1-2-4-5-3;/h1-2H,(H2,4,5,6);1H3. The van der Waals surface area contributed by atoms with E-state index < -0.39 is 0 Å². The van der Waals surface area contributed by atoms with Gasteiger partial charge in [0.05, 0.1) is 0 Å². The van der Waals surface area contributed by atoms with Gasteiger partial charge in [0, 0.05) is 12.3 Å². The van der Waals surface area contributed by atoms with Crippen LogP contribution in [0.1, 0.15) is 0 Å². The average Bonchev–Trinajstić information content (AvgIpc) is 1.86. The van der Waals surface area contributed by atoms with Crippen molar-refractivity contribution in [1.82, 2.24) is 10.2 Å². The van der Waals surface area contributed by atoms with Gasteiger partial charge in [-0.3, -0.25) is 9.89 Å². The molecular weight excluding hydrogens is 111 g/mol. The van der Waals surface area contributed by atoms with Crippen LogP contribution in [0.3, 0.4) is 0 Å². The number of H-pyrrole nitrogens is 2. The van der Waals surface area contributed by atoms with Crippen molar-refractivity contribution >= 4 is 9.90 Å².